The molecule has 0 amide bonds. The van der Waals surface area contributed by atoms with Gasteiger partial charge in [0, 0.05) is 23.7 Å². The summed E-state index contributed by atoms with van der Waals surface area (Å²) in [5, 5.41) is 9.95. The second kappa shape index (κ2) is 8.69. The SMILES string of the molecule is CCc1cc(S(=O)n2cc(CCC(=O)O)c3cc(OC(C)C)ccc32)ccc1N. The van der Waals surface area contributed by atoms with Crippen LogP contribution in [0.15, 0.2) is 47.5 Å². The van der Waals surface area contributed by atoms with Gasteiger partial charge in [-0.1, -0.05) is 6.92 Å². The first-order chi connectivity index (χ1) is 13.8. The van der Waals surface area contributed by atoms with E-state index in [1.807, 2.05) is 45.0 Å². The Kier molecular flexibility index (Phi) is 6.27. The highest BCUT2D eigenvalue weighted by Crippen LogP contribution is 2.30. The molecule has 0 spiro atoms. The van der Waals surface area contributed by atoms with E-state index in [1.165, 1.54) is 0 Å². The minimum atomic E-state index is -1.48. The third-order valence-electron chi connectivity index (χ3n) is 4.68. The molecule has 2 aromatic carbocycles. The molecule has 1 atom stereocenters. The Balaban J connectivity index is 2.09. The Bertz CT molecular complexity index is 1070. The number of aromatic nitrogens is 1. The lowest BCUT2D eigenvalue weighted by atomic mass is 10.1. The minimum Gasteiger partial charge on any atom is -0.491 e. The normalized spacial score (nSPS) is 12.4. The molecule has 0 aliphatic carbocycles. The summed E-state index contributed by atoms with van der Waals surface area (Å²) >= 11 is 0. The number of carboxylic acids is 1. The summed E-state index contributed by atoms with van der Waals surface area (Å²) in [6.07, 6.45) is 2.91. The average Bonchev–Trinajstić information content (AvgIpc) is 3.03. The van der Waals surface area contributed by atoms with Gasteiger partial charge >= 0.3 is 5.97 Å². The fraction of sp³-hybridized carbons (Fsp3) is 0.318. The molecule has 29 heavy (non-hydrogen) atoms. The lowest BCUT2D eigenvalue weighted by Gasteiger charge is -2.11. The quantitative estimate of drug-likeness (QED) is 0.540. The number of aliphatic carboxylic acids is 1. The number of nitrogens with two attached hydrogens (primary N) is 1. The van der Waals surface area contributed by atoms with Crippen LogP contribution in [0.3, 0.4) is 0 Å². The fourth-order valence-electron chi connectivity index (χ4n) is 3.28. The van der Waals surface area contributed by atoms with Gasteiger partial charge in [0.25, 0.3) is 0 Å². The van der Waals surface area contributed by atoms with Crippen LogP contribution in [0.1, 0.15) is 38.3 Å². The predicted octanol–water partition coefficient (Wildman–Crippen LogP) is 4.16. The number of nitrogens with zero attached hydrogens (tertiary/aromatic N) is 1. The van der Waals surface area contributed by atoms with E-state index in [4.69, 9.17) is 15.6 Å². The summed E-state index contributed by atoms with van der Waals surface area (Å²) in [6.45, 7) is 5.90. The minimum absolute atomic E-state index is 0.00284. The molecule has 1 aromatic heterocycles. The van der Waals surface area contributed by atoms with Gasteiger partial charge in [0.1, 0.15) is 5.75 Å². The number of fused-ring (bicyclic) bond motifs is 1. The van der Waals surface area contributed by atoms with Crippen LogP contribution in [0.2, 0.25) is 0 Å². The largest absolute Gasteiger partial charge is 0.491 e. The van der Waals surface area contributed by atoms with E-state index in [9.17, 15) is 9.00 Å². The van der Waals surface area contributed by atoms with Crippen LogP contribution < -0.4 is 10.5 Å². The van der Waals surface area contributed by atoms with E-state index in [1.54, 1.807) is 22.3 Å². The molecule has 3 rings (SSSR count). The number of ether oxygens (including phenoxy) is 1. The highest BCUT2D eigenvalue weighted by molar-refractivity contribution is 7.83. The number of benzene rings is 2. The van der Waals surface area contributed by atoms with Crippen molar-refractivity contribution in [3.05, 3.63) is 53.7 Å². The number of carboxylic acid groups (broad SMARTS) is 1. The van der Waals surface area contributed by atoms with E-state index < -0.39 is 17.0 Å². The first-order valence-electron chi connectivity index (χ1n) is 9.63. The number of carbonyl (C=O) groups is 1. The highest BCUT2D eigenvalue weighted by Gasteiger charge is 2.17. The molecule has 7 heteroatoms. The molecule has 0 saturated heterocycles. The predicted molar refractivity (Wildman–Crippen MR) is 116 cm³/mol. The van der Waals surface area contributed by atoms with Gasteiger partial charge in [-0.05, 0) is 74.2 Å². The third-order valence-corrected chi connectivity index (χ3v) is 6.00. The van der Waals surface area contributed by atoms with E-state index >= 15 is 0 Å². The molecule has 1 heterocycles. The van der Waals surface area contributed by atoms with Gasteiger partial charge in [-0.25, -0.2) is 4.21 Å². The van der Waals surface area contributed by atoms with Crippen molar-refractivity contribution in [3.63, 3.8) is 0 Å². The van der Waals surface area contributed by atoms with Crippen molar-refractivity contribution in [2.75, 3.05) is 5.73 Å². The molecular weight excluding hydrogens is 388 g/mol. The van der Waals surface area contributed by atoms with E-state index in [-0.39, 0.29) is 12.5 Å². The van der Waals surface area contributed by atoms with Crippen molar-refractivity contribution < 1.29 is 18.8 Å². The molecule has 0 aliphatic heterocycles. The summed E-state index contributed by atoms with van der Waals surface area (Å²) < 4.78 is 20.8. The lowest BCUT2D eigenvalue weighted by Crippen LogP contribution is -2.06. The lowest BCUT2D eigenvalue weighted by molar-refractivity contribution is -0.136. The third kappa shape index (κ3) is 4.62. The van der Waals surface area contributed by atoms with Gasteiger partial charge in [-0.15, -0.1) is 0 Å². The summed E-state index contributed by atoms with van der Waals surface area (Å²) in [7, 11) is -1.48. The molecule has 3 aromatic rings. The Morgan fingerprint density at radius 3 is 2.62 bits per heavy atom. The molecule has 0 radical (unpaired) electrons. The number of anilines is 1. The van der Waals surface area contributed by atoms with E-state index in [0.29, 0.717) is 22.8 Å². The van der Waals surface area contributed by atoms with E-state index in [0.717, 1.165) is 28.5 Å². The summed E-state index contributed by atoms with van der Waals surface area (Å²) in [6, 6.07) is 11.0. The summed E-state index contributed by atoms with van der Waals surface area (Å²) in [5.74, 6) is -0.166. The van der Waals surface area contributed by atoms with Gasteiger partial charge in [0.2, 0.25) is 0 Å². The zero-order chi connectivity index (χ0) is 21.1. The van der Waals surface area contributed by atoms with Crippen molar-refractivity contribution in [2.45, 2.75) is 51.0 Å². The Morgan fingerprint density at radius 1 is 1.21 bits per heavy atom. The van der Waals surface area contributed by atoms with Crippen molar-refractivity contribution in [1.82, 2.24) is 3.97 Å². The van der Waals surface area contributed by atoms with Crippen molar-refractivity contribution in [2.24, 2.45) is 0 Å². The standard InChI is InChI=1S/C22H26N2O4S/c1-4-15-11-18(7-8-20(15)23)29(27)24-13-16(5-10-22(25)26)19-12-17(28-14(2)3)6-9-21(19)24/h6-9,11-14H,4-5,10,23H2,1-3H3,(H,25,26). The van der Waals surface area contributed by atoms with Gasteiger partial charge in [0.05, 0.1) is 16.5 Å². The molecular formula is C22H26N2O4S. The molecule has 0 bridgehead atoms. The number of rotatable bonds is 8. The van der Waals surface area contributed by atoms with Gasteiger partial charge in [0.15, 0.2) is 11.0 Å². The monoisotopic (exact) mass is 414 g/mol. The maximum atomic E-state index is 13.3. The van der Waals surface area contributed by atoms with Crippen LogP contribution in [0.5, 0.6) is 5.75 Å². The van der Waals surface area contributed by atoms with Crippen LogP contribution in [-0.2, 0) is 28.6 Å². The Hall–Kier alpha value is -2.80. The van der Waals surface area contributed by atoms with Crippen LogP contribution in [-0.4, -0.2) is 25.4 Å². The number of nitrogen functional groups attached to an aromatic ring is 1. The van der Waals surface area contributed by atoms with Gasteiger partial charge in [-0.3, -0.25) is 8.77 Å². The molecule has 0 aliphatic rings. The van der Waals surface area contributed by atoms with E-state index in [2.05, 4.69) is 0 Å². The second-order valence-electron chi connectivity index (χ2n) is 7.18. The Labute approximate surface area is 172 Å². The molecule has 1 unspecified atom stereocenters. The van der Waals surface area contributed by atoms with Crippen molar-refractivity contribution in [1.29, 1.82) is 0 Å². The average molecular weight is 415 g/mol. The second-order valence-corrected chi connectivity index (χ2v) is 8.55. The zero-order valence-corrected chi connectivity index (χ0v) is 17.7. The number of hydrogen-bond acceptors (Lipinski definition) is 4. The van der Waals surface area contributed by atoms with Crippen molar-refractivity contribution in [3.8, 4) is 5.75 Å². The van der Waals surface area contributed by atoms with Crippen molar-refractivity contribution >= 4 is 33.5 Å². The smallest absolute Gasteiger partial charge is 0.303 e. The van der Waals surface area contributed by atoms with Gasteiger partial charge < -0.3 is 15.6 Å². The number of aryl methyl sites for hydroxylation is 2. The Morgan fingerprint density at radius 2 is 1.97 bits per heavy atom. The van der Waals surface area contributed by atoms with Gasteiger partial charge in [-0.2, -0.15) is 0 Å². The molecule has 0 fully saturated rings. The van der Waals surface area contributed by atoms with Crippen LogP contribution >= 0.6 is 0 Å². The first-order valence-corrected chi connectivity index (χ1v) is 10.7. The summed E-state index contributed by atoms with van der Waals surface area (Å²) in [4.78, 5) is 11.7. The fourth-order valence-corrected chi connectivity index (χ4v) is 4.49. The molecule has 6 nitrogen and oxygen atoms in total. The molecule has 0 saturated carbocycles. The highest BCUT2D eigenvalue weighted by atomic mass is 32.2. The maximum absolute atomic E-state index is 13.3. The number of hydrogen-bond donors (Lipinski definition) is 2. The topological polar surface area (TPSA) is 94.5 Å². The molecule has 154 valence electrons. The summed E-state index contributed by atoms with van der Waals surface area (Å²) in [5.41, 5.74) is 9.22. The molecule has 3 N–H and O–H groups in total. The first kappa shape index (κ1) is 20.9. The zero-order valence-electron chi connectivity index (χ0n) is 16.8. The maximum Gasteiger partial charge on any atom is 0.303 e. The van der Waals surface area contributed by atoms with Crippen LogP contribution in [0, 0.1) is 0 Å². The van der Waals surface area contributed by atoms with Crippen LogP contribution in [0.25, 0.3) is 10.9 Å². The van der Waals surface area contributed by atoms with Crippen LogP contribution in [0.4, 0.5) is 5.69 Å².